The molecule has 1 amide bonds. The van der Waals surface area contributed by atoms with Crippen LogP contribution in [0.1, 0.15) is 57.8 Å². The molecule has 2 unspecified atom stereocenters. The van der Waals surface area contributed by atoms with E-state index in [1.807, 2.05) is 0 Å². The lowest BCUT2D eigenvalue weighted by atomic mass is 9.84. The highest BCUT2D eigenvalue weighted by Gasteiger charge is 2.29. The molecule has 1 aliphatic heterocycles. The van der Waals surface area contributed by atoms with Gasteiger partial charge in [0, 0.05) is 19.1 Å². The summed E-state index contributed by atoms with van der Waals surface area (Å²) < 4.78 is 0. The fraction of sp³-hybridized carbons (Fsp3) is 0.941. The molecule has 4 heteroatoms. The Morgan fingerprint density at radius 1 is 1.05 bits per heavy atom. The summed E-state index contributed by atoms with van der Waals surface area (Å²) in [4.78, 5) is 16.9. The second kappa shape index (κ2) is 8.74. The Bertz CT molecular complexity index is 313. The van der Waals surface area contributed by atoms with Crippen LogP contribution in [0.15, 0.2) is 0 Å². The van der Waals surface area contributed by atoms with E-state index in [9.17, 15) is 4.79 Å². The van der Waals surface area contributed by atoms with Crippen LogP contribution < -0.4 is 5.73 Å². The molecular formula is C17H33N3O. The SMILES string of the molecule is CN(CC(=O)N1CCCCCCC1)C1CCCCC1CN. The van der Waals surface area contributed by atoms with E-state index in [-0.39, 0.29) is 0 Å². The first-order valence-electron chi connectivity index (χ1n) is 8.90. The Morgan fingerprint density at radius 2 is 1.67 bits per heavy atom. The van der Waals surface area contributed by atoms with Crippen LogP contribution in [-0.2, 0) is 4.79 Å². The van der Waals surface area contributed by atoms with Crippen molar-refractivity contribution in [3.8, 4) is 0 Å². The maximum atomic E-state index is 12.6. The highest BCUT2D eigenvalue weighted by molar-refractivity contribution is 5.78. The predicted molar refractivity (Wildman–Crippen MR) is 87.1 cm³/mol. The van der Waals surface area contributed by atoms with Crippen LogP contribution in [0.5, 0.6) is 0 Å². The molecule has 1 aliphatic carbocycles. The largest absolute Gasteiger partial charge is 0.342 e. The quantitative estimate of drug-likeness (QED) is 0.865. The lowest BCUT2D eigenvalue weighted by molar-refractivity contribution is -0.133. The molecule has 0 aromatic carbocycles. The molecule has 0 bridgehead atoms. The first-order valence-corrected chi connectivity index (χ1v) is 8.90. The van der Waals surface area contributed by atoms with E-state index >= 15 is 0 Å². The van der Waals surface area contributed by atoms with Crippen LogP contribution in [0.2, 0.25) is 0 Å². The lowest BCUT2D eigenvalue weighted by Crippen LogP contribution is -2.48. The number of nitrogens with zero attached hydrogens (tertiary/aromatic N) is 2. The maximum absolute atomic E-state index is 12.6. The van der Waals surface area contributed by atoms with Crippen molar-refractivity contribution in [2.45, 2.75) is 63.8 Å². The van der Waals surface area contributed by atoms with E-state index < -0.39 is 0 Å². The predicted octanol–water partition coefficient (Wildman–Crippen LogP) is 2.23. The number of carbonyl (C=O) groups is 1. The van der Waals surface area contributed by atoms with Gasteiger partial charge in [-0.25, -0.2) is 0 Å². The van der Waals surface area contributed by atoms with Crippen LogP contribution in [-0.4, -0.2) is 55.0 Å². The van der Waals surface area contributed by atoms with Gasteiger partial charge in [0.25, 0.3) is 0 Å². The van der Waals surface area contributed by atoms with Gasteiger partial charge in [0.1, 0.15) is 0 Å². The van der Waals surface area contributed by atoms with Crippen molar-refractivity contribution in [3.05, 3.63) is 0 Å². The molecule has 4 nitrogen and oxygen atoms in total. The molecule has 2 aliphatic rings. The van der Waals surface area contributed by atoms with Crippen molar-refractivity contribution < 1.29 is 4.79 Å². The molecular weight excluding hydrogens is 262 g/mol. The van der Waals surface area contributed by atoms with Gasteiger partial charge in [-0.1, -0.05) is 32.1 Å². The molecule has 2 rings (SSSR count). The Kier molecular flexibility index (Phi) is 6.97. The molecule has 2 fully saturated rings. The average molecular weight is 295 g/mol. The zero-order valence-electron chi connectivity index (χ0n) is 13.7. The summed E-state index contributed by atoms with van der Waals surface area (Å²) in [6.07, 6.45) is 11.2. The number of rotatable bonds is 4. The Hall–Kier alpha value is -0.610. The first-order chi connectivity index (χ1) is 10.2. The molecule has 21 heavy (non-hydrogen) atoms. The molecule has 0 radical (unpaired) electrons. The van der Waals surface area contributed by atoms with Gasteiger partial charge in [-0.05, 0) is 45.2 Å². The number of likely N-dealkylation sites (tertiary alicyclic amines) is 1. The van der Waals surface area contributed by atoms with Gasteiger partial charge in [-0.2, -0.15) is 0 Å². The Balaban J connectivity index is 1.84. The van der Waals surface area contributed by atoms with Crippen molar-refractivity contribution in [1.82, 2.24) is 9.80 Å². The smallest absolute Gasteiger partial charge is 0.236 e. The Morgan fingerprint density at radius 3 is 2.33 bits per heavy atom. The zero-order valence-corrected chi connectivity index (χ0v) is 13.7. The fourth-order valence-corrected chi connectivity index (χ4v) is 3.97. The van der Waals surface area contributed by atoms with E-state index in [0.29, 0.717) is 24.4 Å². The van der Waals surface area contributed by atoms with Gasteiger partial charge in [0.2, 0.25) is 5.91 Å². The highest BCUT2D eigenvalue weighted by Crippen LogP contribution is 2.27. The van der Waals surface area contributed by atoms with Gasteiger partial charge in [0.15, 0.2) is 0 Å². The molecule has 1 saturated heterocycles. The third-order valence-corrected chi connectivity index (χ3v) is 5.33. The van der Waals surface area contributed by atoms with Gasteiger partial charge in [-0.3, -0.25) is 9.69 Å². The minimum Gasteiger partial charge on any atom is -0.342 e. The number of carbonyl (C=O) groups excluding carboxylic acids is 1. The van der Waals surface area contributed by atoms with Crippen molar-refractivity contribution >= 4 is 5.91 Å². The molecule has 0 spiro atoms. The monoisotopic (exact) mass is 295 g/mol. The van der Waals surface area contributed by atoms with E-state index in [2.05, 4.69) is 16.8 Å². The van der Waals surface area contributed by atoms with Gasteiger partial charge >= 0.3 is 0 Å². The topological polar surface area (TPSA) is 49.6 Å². The summed E-state index contributed by atoms with van der Waals surface area (Å²) in [5.41, 5.74) is 5.92. The highest BCUT2D eigenvalue weighted by atomic mass is 16.2. The molecule has 2 N–H and O–H groups in total. The van der Waals surface area contributed by atoms with Crippen LogP contribution in [0, 0.1) is 5.92 Å². The number of nitrogens with two attached hydrogens (primary N) is 1. The third kappa shape index (κ3) is 4.96. The van der Waals surface area contributed by atoms with E-state index in [1.165, 1.54) is 57.8 Å². The minimum atomic E-state index is 0.320. The summed E-state index contributed by atoms with van der Waals surface area (Å²) in [7, 11) is 2.11. The van der Waals surface area contributed by atoms with Crippen molar-refractivity contribution in [2.24, 2.45) is 11.7 Å². The third-order valence-electron chi connectivity index (χ3n) is 5.33. The Labute approximate surface area is 130 Å². The number of likely N-dealkylation sites (N-methyl/N-ethyl adjacent to an activating group) is 1. The number of hydrogen-bond donors (Lipinski definition) is 1. The maximum Gasteiger partial charge on any atom is 0.236 e. The second-order valence-electron chi connectivity index (χ2n) is 6.91. The van der Waals surface area contributed by atoms with Crippen LogP contribution in [0.4, 0.5) is 0 Å². The van der Waals surface area contributed by atoms with E-state index in [0.717, 1.165) is 19.6 Å². The van der Waals surface area contributed by atoms with E-state index in [1.54, 1.807) is 0 Å². The van der Waals surface area contributed by atoms with Gasteiger partial charge in [-0.15, -0.1) is 0 Å². The molecule has 0 aromatic rings. The lowest BCUT2D eigenvalue weighted by Gasteiger charge is -2.38. The van der Waals surface area contributed by atoms with Crippen LogP contribution in [0.3, 0.4) is 0 Å². The number of hydrogen-bond acceptors (Lipinski definition) is 3. The fourth-order valence-electron chi connectivity index (χ4n) is 3.97. The van der Waals surface area contributed by atoms with Crippen LogP contribution >= 0.6 is 0 Å². The standard InChI is InChI=1S/C17H33N3O/c1-19(16-10-6-5-9-15(16)13-18)14-17(21)20-11-7-3-2-4-8-12-20/h15-16H,2-14,18H2,1H3. The summed E-state index contributed by atoms with van der Waals surface area (Å²) in [6.45, 7) is 3.24. The summed E-state index contributed by atoms with van der Waals surface area (Å²) in [5.74, 6) is 0.893. The summed E-state index contributed by atoms with van der Waals surface area (Å²) >= 11 is 0. The summed E-state index contributed by atoms with van der Waals surface area (Å²) in [5, 5.41) is 0. The molecule has 1 saturated carbocycles. The average Bonchev–Trinajstić information content (AvgIpc) is 2.46. The van der Waals surface area contributed by atoms with Gasteiger partial charge < -0.3 is 10.6 Å². The van der Waals surface area contributed by atoms with Crippen molar-refractivity contribution in [3.63, 3.8) is 0 Å². The normalized spacial score (nSPS) is 28.2. The molecule has 1 heterocycles. The zero-order chi connectivity index (χ0) is 15.1. The molecule has 122 valence electrons. The van der Waals surface area contributed by atoms with Gasteiger partial charge in [0.05, 0.1) is 6.54 Å². The molecule has 0 aromatic heterocycles. The number of amides is 1. The first kappa shape index (κ1) is 16.8. The van der Waals surface area contributed by atoms with Crippen molar-refractivity contribution in [2.75, 3.05) is 33.2 Å². The summed E-state index contributed by atoms with van der Waals surface area (Å²) in [6, 6.07) is 0.502. The van der Waals surface area contributed by atoms with Crippen molar-refractivity contribution in [1.29, 1.82) is 0 Å². The van der Waals surface area contributed by atoms with E-state index in [4.69, 9.17) is 5.73 Å². The molecule has 2 atom stereocenters. The minimum absolute atomic E-state index is 0.320. The second-order valence-corrected chi connectivity index (χ2v) is 6.91. The van der Waals surface area contributed by atoms with Crippen LogP contribution in [0.25, 0.3) is 0 Å².